The normalized spacial score (nSPS) is 18.9. The summed E-state index contributed by atoms with van der Waals surface area (Å²) < 4.78 is 34.9. The van der Waals surface area contributed by atoms with Crippen LogP contribution >= 0.6 is 0 Å². The van der Waals surface area contributed by atoms with Crippen LogP contribution in [0, 0.1) is 5.82 Å². The van der Waals surface area contributed by atoms with Gasteiger partial charge < -0.3 is 25.0 Å². The van der Waals surface area contributed by atoms with Gasteiger partial charge in [0, 0.05) is 30.9 Å². The van der Waals surface area contributed by atoms with E-state index in [-0.39, 0.29) is 23.6 Å². The highest BCUT2D eigenvalue weighted by Crippen LogP contribution is 2.38. The predicted molar refractivity (Wildman–Crippen MR) is 127 cm³/mol. The fourth-order valence-corrected chi connectivity index (χ4v) is 5.03. The van der Waals surface area contributed by atoms with Crippen LogP contribution < -0.4 is 20.3 Å². The Labute approximate surface area is 200 Å². The number of amides is 1. The number of carbonyl (C=O) groups is 1. The molecule has 0 unspecified atom stereocenters. The zero-order valence-electron chi connectivity index (χ0n) is 19.5. The minimum Gasteiger partial charge on any atom is -0.474 e. The lowest BCUT2D eigenvalue weighted by Gasteiger charge is -2.40. The molecule has 10 heteroatoms. The van der Waals surface area contributed by atoms with Crippen LogP contribution in [0.2, 0.25) is 0 Å². The lowest BCUT2D eigenvalue weighted by atomic mass is 9.99. The summed E-state index contributed by atoms with van der Waals surface area (Å²) in [6.07, 6.45) is 3.14. The second-order valence-electron chi connectivity index (χ2n) is 8.70. The molecule has 4 aromatic rings. The van der Waals surface area contributed by atoms with Crippen LogP contribution in [-0.4, -0.2) is 52.7 Å². The number of pyridine rings is 2. The lowest BCUT2D eigenvalue weighted by molar-refractivity contribution is 0.0693. The second-order valence-corrected chi connectivity index (χ2v) is 8.70. The van der Waals surface area contributed by atoms with Gasteiger partial charge in [0.05, 0.1) is 43.8 Å². The van der Waals surface area contributed by atoms with Crippen LogP contribution in [0.1, 0.15) is 17.3 Å². The number of hydrogen-bond donors (Lipinski definition) is 2. The molecule has 0 spiro atoms. The van der Waals surface area contributed by atoms with Gasteiger partial charge in [0.2, 0.25) is 5.88 Å². The number of benzene rings is 1. The maximum Gasteiger partial charge on any atom is 0.254 e. The summed E-state index contributed by atoms with van der Waals surface area (Å²) in [6.45, 7) is 2.97. The van der Waals surface area contributed by atoms with Crippen molar-refractivity contribution in [1.82, 2.24) is 19.7 Å². The molecule has 7 rings (SSSR count). The van der Waals surface area contributed by atoms with Gasteiger partial charge in [-0.25, -0.2) is 9.37 Å². The average molecular weight is 473 g/mol. The SMILES string of the molecule is [2H]c1c(F)ccn2c(-c3ccc(Nc4ccc5c(n4)OC[C@@H]4COCCN54)c4c3CNC4=O)cnc12. The molecule has 0 radical (unpaired) electrons. The molecular weight excluding hydrogens is 451 g/mol. The third-order valence-corrected chi connectivity index (χ3v) is 6.69. The highest BCUT2D eigenvalue weighted by Gasteiger charge is 2.32. The summed E-state index contributed by atoms with van der Waals surface area (Å²) in [5.74, 6) is 0.298. The van der Waals surface area contributed by atoms with E-state index in [1.807, 2.05) is 24.3 Å². The molecule has 1 aromatic carbocycles. The van der Waals surface area contributed by atoms with E-state index < -0.39 is 5.82 Å². The van der Waals surface area contributed by atoms with Gasteiger partial charge >= 0.3 is 0 Å². The molecule has 6 heterocycles. The molecule has 3 aliphatic rings. The molecular formula is C25H21FN6O3. The molecule has 0 bridgehead atoms. The molecule has 0 saturated carbocycles. The standard InChI is InChI=1S/C25H21FN6O3/c26-14-5-6-32-20(11-27-22(32)9-14)16-1-2-18(23-17(16)10-28-24(23)33)29-21-4-3-19-25(30-21)35-13-15-12-34-8-7-31(15)19/h1-6,9,11,15H,7-8,10,12-13H2,(H,28,33)(H,29,30)/t15-/m0/s1/i9D. The van der Waals surface area contributed by atoms with E-state index in [2.05, 4.69) is 25.5 Å². The van der Waals surface area contributed by atoms with Crippen molar-refractivity contribution in [3.05, 3.63) is 65.7 Å². The number of nitrogens with zero attached hydrogens (tertiary/aromatic N) is 4. The first-order valence-electron chi connectivity index (χ1n) is 11.9. The van der Waals surface area contributed by atoms with Crippen LogP contribution in [-0.2, 0) is 11.3 Å². The predicted octanol–water partition coefficient (Wildman–Crippen LogP) is 3.12. The second kappa shape index (κ2) is 7.67. The van der Waals surface area contributed by atoms with Crippen molar-refractivity contribution in [1.29, 1.82) is 0 Å². The maximum atomic E-state index is 13.9. The Morgan fingerprint density at radius 2 is 2.17 bits per heavy atom. The molecule has 9 nitrogen and oxygen atoms in total. The quantitative estimate of drug-likeness (QED) is 0.472. The van der Waals surface area contributed by atoms with Crippen molar-refractivity contribution >= 4 is 28.7 Å². The molecule has 1 fully saturated rings. The number of ether oxygens (including phenoxy) is 2. The van der Waals surface area contributed by atoms with Crippen LogP contribution in [0.4, 0.5) is 21.6 Å². The third-order valence-electron chi connectivity index (χ3n) is 6.69. The molecule has 1 saturated heterocycles. The Balaban J connectivity index is 1.26. The number of anilines is 3. The number of nitrogens with one attached hydrogen (secondary N) is 2. The minimum atomic E-state index is -0.632. The van der Waals surface area contributed by atoms with Crippen molar-refractivity contribution in [3.63, 3.8) is 0 Å². The van der Waals surface area contributed by atoms with E-state index in [1.165, 1.54) is 6.07 Å². The molecule has 1 amide bonds. The Morgan fingerprint density at radius 3 is 3.11 bits per heavy atom. The van der Waals surface area contributed by atoms with Crippen LogP contribution in [0.3, 0.4) is 0 Å². The smallest absolute Gasteiger partial charge is 0.254 e. The summed E-state index contributed by atoms with van der Waals surface area (Å²) in [6, 6.07) is 8.73. The molecule has 3 aliphatic heterocycles. The van der Waals surface area contributed by atoms with E-state index in [1.54, 1.807) is 16.8 Å². The fraction of sp³-hybridized carbons (Fsp3) is 0.240. The number of morpholine rings is 1. The first-order chi connectivity index (χ1) is 17.6. The Bertz CT molecular complexity index is 1560. The van der Waals surface area contributed by atoms with Crippen molar-refractivity contribution in [2.45, 2.75) is 12.6 Å². The number of imidazole rings is 1. The first kappa shape index (κ1) is 19.2. The molecule has 0 aliphatic carbocycles. The molecule has 3 aromatic heterocycles. The minimum absolute atomic E-state index is 0.189. The number of aromatic nitrogens is 3. The van der Waals surface area contributed by atoms with Crippen LogP contribution in [0.25, 0.3) is 16.9 Å². The number of fused-ring (bicyclic) bond motifs is 5. The van der Waals surface area contributed by atoms with E-state index in [4.69, 9.17) is 10.8 Å². The number of hydrogen-bond acceptors (Lipinski definition) is 7. The van der Waals surface area contributed by atoms with Gasteiger partial charge in [-0.2, -0.15) is 4.98 Å². The van der Waals surface area contributed by atoms with Gasteiger partial charge in [0.25, 0.3) is 5.91 Å². The number of rotatable bonds is 3. The maximum absolute atomic E-state index is 13.9. The summed E-state index contributed by atoms with van der Waals surface area (Å²) in [5, 5.41) is 6.18. The van der Waals surface area contributed by atoms with Crippen LogP contribution in [0.5, 0.6) is 5.88 Å². The van der Waals surface area contributed by atoms with Gasteiger partial charge in [-0.3, -0.25) is 9.20 Å². The topological polar surface area (TPSA) is 93.0 Å². The molecule has 2 N–H and O–H groups in total. The van der Waals surface area contributed by atoms with E-state index >= 15 is 0 Å². The molecule has 35 heavy (non-hydrogen) atoms. The largest absolute Gasteiger partial charge is 0.474 e. The van der Waals surface area contributed by atoms with E-state index in [9.17, 15) is 9.18 Å². The summed E-state index contributed by atoms with van der Waals surface area (Å²) in [5.41, 5.74) is 4.57. The van der Waals surface area contributed by atoms with Crippen molar-refractivity contribution in [3.8, 4) is 17.1 Å². The van der Waals surface area contributed by atoms with E-state index in [0.717, 1.165) is 23.4 Å². The van der Waals surface area contributed by atoms with Crippen molar-refractivity contribution < 1.29 is 20.0 Å². The highest BCUT2D eigenvalue weighted by atomic mass is 19.1. The fourth-order valence-electron chi connectivity index (χ4n) is 5.03. The van der Waals surface area contributed by atoms with E-state index in [0.29, 0.717) is 55.0 Å². The van der Waals surface area contributed by atoms with Gasteiger partial charge in [0.1, 0.15) is 29.6 Å². The molecule has 176 valence electrons. The van der Waals surface area contributed by atoms with Gasteiger partial charge in [-0.05, 0) is 29.8 Å². The Morgan fingerprint density at radius 1 is 1.23 bits per heavy atom. The number of carbonyl (C=O) groups excluding carboxylic acids is 1. The summed E-state index contributed by atoms with van der Waals surface area (Å²) in [7, 11) is 0. The van der Waals surface area contributed by atoms with Gasteiger partial charge in [0.15, 0.2) is 0 Å². The van der Waals surface area contributed by atoms with Crippen LogP contribution in [0.15, 0.2) is 48.8 Å². The zero-order valence-corrected chi connectivity index (χ0v) is 18.5. The zero-order chi connectivity index (χ0) is 24.4. The summed E-state index contributed by atoms with van der Waals surface area (Å²) in [4.78, 5) is 24.0. The highest BCUT2D eigenvalue weighted by molar-refractivity contribution is 6.06. The number of halogens is 1. The Kier molecular flexibility index (Phi) is 4.20. The Hall–Kier alpha value is -4.18. The van der Waals surface area contributed by atoms with Gasteiger partial charge in [-0.15, -0.1) is 0 Å². The summed E-state index contributed by atoms with van der Waals surface area (Å²) >= 11 is 0. The van der Waals surface area contributed by atoms with Gasteiger partial charge in [-0.1, -0.05) is 6.07 Å². The monoisotopic (exact) mass is 473 g/mol. The average Bonchev–Trinajstić information content (AvgIpc) is 3.51. The lowest BCUT2D eigenvalue weighted by Crippen LogP contribution is -2.51. The van der Waals surface area contributed by atoms with Crippen molar-refractivity contribution in [2.75, 3.05) is 36.6 Å². The molecule has 1 atom stereocenters. The van der Waals surface area contributed by atoms with Crippen molar-refractivity contribution in [2.24, 2.45) is 0 Å². The first-order valence-corrected chi connectivity index (χ1v) is 11.4. The third kappa shape index (κ3) is 3.21.